The smallest absolute Gasteiger partial charge is 0.0642 e. The van der Waals surface area contributed by atoms with Crippen molar-refractivity contribution < 1.29 is 0 Å². The summed E-state index contributed by atoms with van der Waals surface area (Å²) in [6, 6.07) is 7.36. The molecule has 1 aliphatic heterocycles. The minimum Gasteiger partial charge on any atom is -0.367 e. The van der Waals surface area contributed by atoms with Crippen molar-refractivity contribution in [1.29, 1.82) is 0 Å². The first-order valence-electron chi connectivity index (χ1n) is 6.76. The minimum atomic E-state index is 0.339. The Morgan fingerprint density at radius 2 is 2.11 bits per heavy atom. The van der Waals surface area contributed by atoms with E-state index in [2.05, 4.69) is 49.2 Å². The van der Waals surface area contributed by atoms with Crippen LogP contribution in [0.5, 0.6) is 0 Å². The fraction of sp³-hybridized carbons (Fsp3) is 0.600. The lowest BCUT2D eigenvalue weighted by molar-refractivity contribution is 0.625. The highest BCUT2D eigenvalue weighted by Crippen LogP contribution is 2.35. The molecule has 2 rings (SSSR count). The number of anilines is 1. The minimum absolute atomic E-state index is 0.339. The normalized spacial score (nSPS) is 25.5. The summed E-state index contributed by atoms with van der Waals surface area (Å²) < 4.78 is 0. The molecular formula is C15H23ClN2. The molecular weight excluding hydrogens is 244 g/mol. The van der Waals surface area contributed by atoms with Crippen LogP contribution < -0.4 is 10.2 Å². The van der Waals surface area contributed by atoms with Crippen LogP contribution in [-0.4, -0.2) is 19.6 Å². The van der Waals surface area contributed by atoms with Crippen molar-refractivity contribution in [3.8, 4) is 0 Å². The van der Waals surface area contributed by atoms with Crippen molar-refractivity contribution in [2.75, 3.05) is 18.5 Å². The Morgan fingerprint density at radius 1 is 1.39 bits per heavy atom. The molecule has 1 saturated heterocycles. The first-order chi connectivity index (χ1) is 8.52. The molecule has 0 aliphatic carbocycles. The zero-order valence-corrected chi connectivity index (χ0v) is 12.5. The van der Waals surface area contributed by atoms with Gasteiger partial charge < -0.3 is 10.2 Å². The van der Waals surface area contributed by atoms with Gasteiger partial charge in [0, 0.05) is 18.6 Å². The second-order valence-corrected chi connectivity index (χ2v) is 5.97. The van der Waals surface area contributed by atoms with Crippen molar-refractivity contribution in [2.45, 2.75) is 39.3 Å². The highest BCUT2D eigenvalue weighted by molar-refractivity contribution is 6.33. The van der Waals surface area contributed by atoms with Crippen LogP contribution in [0.2, 0.25) is 5.02 Å². The highest BCUT2D eigenvalue weighted by Gasteiger charge is 2.27. The predicted octanol–water partition coefficient (Wildman–Crippen LogP) is 3.86. The Labute approximate surface area is 115 Å². The van der Waals surface area contributed by atoms with E-state index in [0.717, 1.165) is 17.5 Å². The molecule has 0 aromatic heterocycles. The maximum absolute atomic E-state index is 6.45. The van der Waals surface area contributed by atoms with Crippen LogP contribution in [0, 0.1) is 5.92 Å². The van der Waals surface area contributed by atoms with E-state index < -0.39 is 0 Å². The average molecular weight is 267 g/mol. The van der Waals surface area contributed by atoms with Gasteiger partial charge in [-0.05, 0) is 50.9 Å². The monoisotopic (exact) mass is 266 g/mol. The van der Waals surface area contributed by atoms with Crippen molar-refractivity contribution in [3.05, 3.63) is 28.8 Å². The van der Waals surface area contributed by atoms with Crippen molar-refractivity contribution in [2.24, 2.45) is 5.92 Å². The van der Waals surface area contributed by atoms with Gasteiger partial charge in [-0.3, -0.25) is 0 Å². The first kappa shape index (κ1) is 13.7. The molecule has 0 amide bonds. The number of nitrogens with one attached hydrogen (secondary N) is 1. The number of benzene rings is 1. The van der Waals surface area contributed by atoms with Gasteiger partial charge in [-0.25, -0.2) is 0 Å². The topological polar surface area (TPSA) is 15.3 Å². The molecule has 1 heterocycles. The first-order valence-corrected chi connectivity index (χ1v) is 7.14. The summed E-state index contributed by atoms with van der Waals surface area (Å²) in [4.78, 5) is 2.43. The van der Waals surface area contributed by atoms with Gasteiger partial charge in [0.15, 0.2) is 0 Å². The predicted molar refractivity (Wildman–Crippen MR) is 79.5 cm³/mol. The summed E-state index contributed by atoms with van der Waals surface area (Å²) in [6.45, 7) is 7.85. The van der Waals surface area contributed by atoms with E-state index in [0.29, 0.717) is 12.1 Å². The third kappa shape index (κ3) is 2.65. The zero-order valence-electron chi connectivity index (χ0n) is 11.7. The molecule has 3 heteroatoms. The molecule has 1 aromatic carbocycles. The largest absolute Gasteiger partial charge is 0.367 e. The average Bonchev–Trinajstić information content (AvgIpc) is 2.67. The summed E-state index contributed by atoms with van der Waals surface area (Å²) in [7, 11) is 1.97. The van der Waals surface area contributed by atoms with Gasteiger partial charge in [-0.1, -0.05) is 24.6 Å². The second kappa shape index (κ2) is 5.50. The summed E-state index contributed by atoms with van der Waals surface area (Å²) in [5.74, 6) is 0.756. The summed E-state index contributed by atoms with van der Waals surface area (Å²) in [6.07, 6.45) is 1.25. The summed E-state index contributed by atoms with van der Waals surface area (Å²) >= 11 is 6.45. The van der Waals surface area contributed by atoms with Gasteiger partial charge in [0.2, 0.25) is 0 Å². The second-order valence-electron chi connectivity index (χ2n) is 5.56. The Bertz CT molecular complexity index is 419. The summed E-state index contributed by atoms with van der Waals surface area (Å²) in [5, 5.41) is 4.11. The van der Waals surface area contributed by atoms with Gasteiger partial charge in [-0.2, -0.15) is 0 Å². The van der Waals surface area contributed by atoms with E-state index in [-0.39, 0.29) is 0 Å². The molecule has 1 aromatic rings. The zero-order chi connectivity index (χ0) is 13.3. The van der Waals surface area contributed by atoms with Crippen molar-refractivity contribution in [3.63, 3.8) is 0 Å². The third-order valence-corrected chi connectivity index (χ3v) is 4.30. The van der Waals surface area contributed by atoms with Crippen LogP contribution in [0.15, 0.2) is 18.2 Å². The number of nitrogens with zero attached hydrogens (tertiary/aromatic N) is 1. The van der Waals surface area contributed by atoms with Gasteiger partial charge in [0.1, 0.15) is 0 Å². The Kier molecular flexibility index (Phi) is 4.18. The molecule has 0 spiro atoms. The molecule has 1 fully saturated rings. The van der Waals surface area contributed by atoms with Crippen LogP contribution in [0.4, 0.5) is 5.69 Å². The SMILES string of the molecule is CNC(C)c1ccc(N2CC(C)CC2C)c(Cl)c1. The van der Waals surface area contributed by atoms with Gasteiger partial charge in [-0.15, -0.1) is 0 Å². The van der Waals surface area contributed by atoms with Gasteiger partial charge in [0.05, 0.1) is 10.7 Å². The molecule has 3 unspecified atom stereocenters. The van der Waals surface area contributed by atoms with Crippen molar-refractivity contribution >= 4 is 17.3 Å². The van der Waals surface area contributed by atoms with Crippen molar-refractivity contribution in [1.82, 2.24) is 5.32 Å². The molecule has 0 radical (unpaired) electrons. The summed E-state index contributed by atoms with van der Waals surface area (Å²) in [5.41, 5.74) is 2.42. The lowest BCUT2D eigenvalue weighted by Crippen LogP contribution is -2.27. The molecule has 18 heavy (non-hydrogen) atoms. The number of halogens is 1. The van der Waals surface area contributed by atoms with Crippen LogP contribution >= 0.6 is 11.6 Å². The molecule has 1 N–H and O–H groups in total. The van der Waals surface area contributed by atoms with Crippen LogP contribution in [0.1, 0.15) is 38.8 Å². The number of rotatable bonds is 3. The van der Waals surface area contributed by atoms with Crippen LogP contribution in [0.25, 0.3) is 0 Å². The maximum atomic E-state index is 6.45. The lowest BCUT2D eigenvalue weighted by atomic mass is 10.1. The van der Waals surface area contributed by atoms with Gasteiger partial charge in [0.25, 0.3) is 0 Å². The fourth-order valence-corrected chi connectivity index (χ4v) is 3.13. The number of hydrogen-bond acceptors (Lipinski definition) is 2. The lowest BCUT2D eigenvalue weighted by Gasteiger charge is -2.25. The number of hydrogen-bond donors (Lipinski definition) is 1. The molecule has 100 valence electrons. The van der Waals surface area contributed by atoms with E-state index in [1.807, 2.05) is 7.05 Å². The molecule has 1 aliphatic rings. The molecule has 2 nitrogen and oxygen atoms in total. The Hall–Kier alpha value is -0.730. The maximum Gasteiger partial charge on any atom is 0.0642 e. The van der Waals surface area contributed by atoms with E-state index >= 15 is 0 Å². The fourth-order valence-electron chi connectivity index (χ4n) is 2.83. The Balaban J connectivity index is 2.25. The molecule has 0 bridgehead atoms. The highest BCUT2D eigenvalue weighted by atomic mass is 35.5. The van der Waals surface area contributed by atoms with E-state index in [1.54, 1.807) is 0 Å². The molecule has 3 atom stereocenters. The molecule has 0 saturated carbocycles. The Morgan fingerprint density at radius 3 is 2.61 bits per heavy atom. The third-order valence-electron chi connectivity index (χ3n) is 4.00. The standard InChI is InChI=1S/C15H23ClN2/c1-10-7-11(2)18(9-10)15-6-5-13(8-14(15)16)12(3)17-4/h5-6,8,10-12,17H,7,9H2,1-4H3. The van der Waals surface area contributed by atoms with Gasteiger partial charge >= 0.3 is 0 Å². The van der Waals surface area contributed by atoms with Crippen LogP contribution in [0.3, 0.4) is 0 Å². The quantitative estimate of drug-likeness (QED) is 0.894. The van der Waals surface area contributed by atoms with E-state index in [1.165, 1.54) is 17.7 Å². The van der Waals surface area contributed by atoms with Crippen LogP contribution in [-0.2, 0) is 0 Å². The van der Waals surface area contributed by atoms with E-state index in [4.69, 9.17) is 11.6 Å². The van der Waals surface area contributed by atoms with E-state index in [9.17, 15) is 0 Å².